The Morgan fingerprint density at radius 2 is 2.13 bits per heavy atom. The van der Waals surface area contributed by atoms with Crippen LogP contribution in [0.2, 0.25) is 5.02 Å². The molecular weight excluding hydrogens is 216 g/mol. The van der Waals surface area contributed by atoms with Crippen molar-refractivity contribution in [3.05, 3.63) is 41.2 Å². The first kappa shape index (κ1) is 9.89. The van der Waals surface area contributed by atoms with Gasteiger partial charge in [0.05, 0.1) is 0 Å². The highest BCUT2D eigenvalue weighted by atomic mass is 35.5. The fourth-order valence-corrected chi connectivity index (χ4v) is 1.64. The summed E-state index contributed by atoms with van der Waals surface area (Å²) in [5.41, 5.74) is 1.70. The second-order valence-corrected chi connectivity index (χ2v) is 3.34. The van der Waals surface area contributed by atoms with E-state index in [-0.39, 0.29) is 5.69 Å². The second-order valence-electron chi connectivity index (χ2n) is 2.94. The molecule has 0 radical (unpaired) electrons. The van der Waals surface area contributed by atoms with Crippen molar-refractivity contribution in [1.29, 1.82) is 0 Å². The molecular formula is C10H7ClN2O2. The molecule has 15 heavy (non-hydrogen) atoms. The summed E-state index contributed by atoms with van der Waals surface area (Å²) in [5.74, 6) is -0.650. The van der Waals surface area contributed by atoms with Crippen LogP contribution in [0.3, 0.4) is 0 Å². The summed E-state index contributed by atoms with van der Waals surface area (Å²) < 4.78 is 0. The number of carbonyl (C=O) groups is 1. The minimum atomic E-state index is -0.650. The van der Waals surface area contributed by atoms with Gasteiger partial charge in [-0.05, 0) is 12.1 Å². The van der Waals surface area contributed by atoms with Crippen molar-refractivity contribution < 1.29 is 10.0 Å². The molecule has 0 saturated heterocycles. The summed E-state index contributed by atoms with van der Waals surface area (Å²) in [6.07, 6.45) is 1.47. The van der Waals surface area contributed by atoms with Crippen molar-refractivity contribution >= 4 is 28.3 Å². The number of fused-ring (bicyclic) bond motifs is 1. The number of rotatable bonds is 1. The van der Waals surface area contributed by atoms with Crippen LogP contribution in [-0.4, -0.2) is 16.1 Å². The van der Waals surface area contributed by atoms with Crippen molar-refractivity contribution in [3.63, 3.8) is 0 Å². The predicted octanol–water partition coefficient (Wildman–Crippen LogP) is 2.01. The average Bonchev–Trinajstić information content (AvgIpc) is 2.28. The van der Waals surface area contributed by atoms with E-state index < -0.39 is 5.91 Å². The Bertz CT molecular complexity index is 528. The van der Waals surface area contributed by atoms with Gasteiger partial charge < -0.3 is 0 Å². The molecule has 0 aliphatic rings. The molecule has 4 nitrogen and oxygen atoms in total. The number of hydrogen-bond acceptors (Lipinski definition) is 3. The average molecular weight is 223 g/mol. The van der Waals surface area contributed by atoms with E-state index in [9.17, 15) is 4.79 Å². The number of aromatic nitrogens is 1. The molecule has 0 atom stereocenters. The van der Waals surface area contributed by atoms with Gasteiger partial charge in [-0.15, -0.1) is 0 Å². The lowest BCUT2D eigenvalue weighted by molar-refractivity contribution is 0.0703. The minimum absolute atomic E-state index is 0.150. The van der Waals surface area contributed by atoms with E-state index in [0.29, 0.717) is 10.4 Å². The number of hydroxylamine groups is 1. The van der Waals surface area contributed by atoms with Crippen LogP contribution < -0.4 is 5.48 Å². The first-order chi connectivity index (χ1) is 7.24. The minimum Gasteiger partial charge on any atom is -0.288 e. The Morgan fingerprint density at radius 3 is 2.87 bits per heavy atom. The molecule has 0 saturated carbocycles. The van der Waals surface area contributed by atoms with Crippen LogP contribution in [0, 0.1) is 0 Å². The van der Waals surface area contributed by atoms with Crippen LogP contribution in [0.25, 0.3) is 10.8 Å². The van der Waals surface area contributed by atoms with E-state index in [1.807, 2.05) is 0 Å². The monoisotopic (exact) mass is 222 g/mol. The molecule has 5 heteroatoms. The zero-order valence-corrected chi connectivity index (χ0v) is 8.32. The quantitative estimate of drug-likeness (QED) is 0.573. The van der Waals surface area contributed by atoms with Gasteiger partial charge in [-0.2, -0.15) is 0 Å². The molecule has 0 unspecified atom stereocenters. The lowest BCUT2D eigenvalue weighted by Gasteiger charge is -2.04. The maximum atomic E-state index is 11.3. The molecule has 1 amide bonds. The SMILES string of the molecule is O=C(NO)c1nccc2c(Cl)cccc12. The maximum Gasteiger partial charge on any atom is 0.293 e. The molecule has 1 aromatic heterocycles. The van der Waals surface area contributed by atoms with Crippen molar-refractivity contribution in [2.75, 3.05) is 0 Å². The number of pyridine rings is 1. The van der Waals surface area contributed by atoms with Gasteiger partial charge in [0.25, 0.3) is 5.91 Å². The van der Waals surface area contributed by atoms with Crippen LogP contribution in [-0.2, 0) is 0 Å². The van der Waals surface area contributed by atoms with Gasteiger partial charge in [0, 0.05) is 22.0 Å². The van der Waals surface area contributed by atoms with E-state index in [0.717, 1.165) is 5.39 Å². The van der Waals surface area contributed by atoms with Gasteiger partial charge in [-0.3, -0.25) is 15.0 Å². The van der Waals surface area contributed by atoms with Gasteiger partial charge in [-0.1, -0.05) is 23.7 Å². The number of amides is 1. The van der Waals surface area contributed by atoms with Gasteiger partial charge in [0.2, 0.25) is 0 Å². The Balaban J connectivity index is 2.77. The number of carbonyl (C=O) groups excluding carboxylic acids is 1. The predicted molar refractivity (Wildman–Crippen MR) is 56.0 cm³/mol. The van der Waals surface area contributed by atoms with Crippen LogP contribution in [0.1, 0.15) is 10.5 Å². The molecule has 0 spiro atoms. The normalized spacial score (nSPS) is 10.3. The highest BCUT2D eigenvalue weighted by molar-refractivity contribution is 6.35. The smallest absolute Gasteiger partial charge is 0.288 e. The Hall–Kier alpha value is -1.65. The third-order valence-electron chi connectivity index (χ3n) is 2.07. The fourth-order valence-electron chi connectivity index (χ4n) is 1.40. The van der Waals surface area contributed by atoms with Crippen molar-refractivity contribution in [3.8, 4) is 0 Å². The van der Waals surface area contributed by atoms with E-state index >= 15 is 0 Å². The summed E-state index contributed by atoms with van der Waals surface area (Å²) in [4.78, 5) is 15.2. The summed E-state index contributed by atoms with van der Waals surface area (Å²) in [6, 6.07) is 6.88. The maximum absolute atomic E-state index is 11.3. The fraction of sp³-hybridized carbons (Fsp3) is 0. The van der Waals surface area contributed by atoms with Crippen molar-refractivity contribution in [1.82, 2.24) is 10.5 Å². The third kappa shape index (κ3) is 1.65. The Kier molecular flexibility index (Phi) is 2.53. The lowest BCUT2D eigenvalue weighted by Crippen LogP contribution is -2.20. The second kappa shape index (κ2) is 3.84. The molecule has 0 aliphatic heterocycles. The molecule has 2 rings (SSSR count). The number of nitrogens with zero attached hydrogens (tertiary/aromatic N) is 1. The van der Waals surface area contributed by atoms with E-state index in [2.05, 4.69) is 4.98 Å². The standard InChI is InChI=1S/C10H7ClN2O2/c11-8-3-1-2-7-6(8)4-5-12-9(7)10(14)13-15/h1-5,15H,(H,13,14). The Labute approximate surface area is 90.5 Å². The van der Waals surface area contributed by atoms with E-state index in [4.69, 9.17) is 16.8 Å². The van der Waals surface area contributed by atoms with Gasteiger partial charge in [-0.25, -0.2) is 5.48 Å². The molecule has 2 N–H and O–H groups in total. The summed E-state index contributed by atoms with van der Waals surface area (Å²) in [5, 5.41) is 10.4. The molecule has 0 bridgehead atoms. The summed E-state index contributed by atoms with van der Waals surface area (Å²) in [6.45, 7) is 0. The highest BCUT2D eigenvalue weighted by Gasteiger charge is 2.11. The molecule has 2 aromatic rings. The highest BCUT2D eigenvalue weighted by Crippen LogP contribution is 2.24. The largest absolute Gasteiger partial charge is 0.293 e. The number of hydrogen-bond donors (Lipinski definition) is 2. The Morgan fingerprint density at radius 1 is 1.33 bits per heavy atom. The zero-order valence-electron chi connectivity index (χ0n) is 7.57. The van der Waals surface area contributed by atoms with Crippen LogP contribution in [0.5, 0.6) is 0 Å². The van der Waals surface area contributed by atoms with Crippen LogP contribution in [0.15, 0.2) is 30.5 Å². The molecule has 76 valence electrons. The third-order valence-corrected chi connectivity index (χ3v) is 2.40. The topological polar surface area (TPSA) is 62.2 Å². The summed E-state index contributed by atoms with van der Waals surface area (Å²) >= 11 is 5.95. The molecule has 0 aliphatic carbocycles. The number of halogens is 1. The van der Waals surface area contributed by atoms with Gasteiger partial charge >= 0.3 is 0 Å². The molecule has 0 fully saturated rings. The van der Waals surface area contributed by atoms with Gasteiger partial charge in [0.15, 0.2) is 0 Å². The lowest BCUT2D eigenvalue weighted by atomic mass is 10.1. The van der Waals surface area contributed by atoms with Crippen molar-refractivity contribution in [2.24, 2.45) is 0 Å². The first-order valence-electron chi connectivity index (χ1n) is 4.21. The first-order valence-corrected chi connectivity index (χ1v) is 4.59. The van der Waals surface area contributed by atoms with Gasteiger partial charge in [0.1, 0.15) is 5.69 Å². The van der Waals surface area contributed by atoms with Crippen molar-refractivity contribution in [2.45, 2.75) is 0 Å². The molecule has 1 aromatic carbocycles. The number of nitrogens with one attached hydrogen (secondary N) is 1. The van der Waals surface area contributed by atoms with E-state index in [1.54, 1.807) is 29.7 Å². The van der Waals surface area contributed by atoms with E-state index in [1.165, 1.54) is 6.20 Å². The van der Waals surface area contributed by atoms with Crippen LogP contribution >= 0.6 is 11.6 Å². The van der Waals surface area contributed by atoms with Crippen LogP contribution in [0.4, 0.5) is 0 Å². The zero-order chi connectivity index (χ0) is 10.8. The summed E-state index contributed by atoms with van der Waals surface area (Å²) in [7, 11) is 0. The molecule has 1 heterocycles. The number of benzene rings is 1.